The minimum atomic E-state index is -0.413. The SMILES string of the molecule is COCCOCNC(=O)Nc1ncn[nH]1. The van der Waals surface area contributed by atoms with Crippen LogP contribution in [0.15, 0.2) is 6.33 Å². The summed E-state index contributed by atoms with van der Waals surface area (Å²) in [5.41, 5.74) is 0. The number of nitrogens with zero attached hydrogens (tertiary/aromatic N) is 2. The summed E-state index contributed by atoms with van der Waals surface area (Å²) in [5, 5.41) is 10.9. The number of aromatic amines is 1. The molecule has 0 aromatic carbocycles. The maximum absolute atomic E-state index is 11.1. The van der Waals surface area contributed by atoms with Crippen molar-refractivity contribution in [2.75, 3.05) is 32.4 Å². The normalized spacial score (nSPS) is 9.93. The molecule has 0 aliphatic carbocycles. The molecule has 0 aliphatic heterocycles. The van der Waals surface area contributed by atoms with Gasteiger partial charge >= 0.3 is 6.03 Å². The summed E-state index contributed by atoms with van der Waals surface area (Å²) in [5.74, 6) is 0.282. The average Bonchev–Trinajstić information content (AvgIpc) is 2.70. The molecule has 8 nitrogen and oxygen atoms in total. The molecular formula is C7H13N5O3. The summed E-state index contributed by atoms with van der Waals surface area (Å²) in [6.45, 7) is 1.04. The van der Waals surface area contributed by atoms with E-state index in [2.05, 4.69) is 25.8 Å². The molecule has 1 aromatic heterocycles. The molecule has 0 aliphatic rings. The van der Waals surface area contributed by atoms with Crippen molar-refractivity contribution in [1.29, 1.82) is 0 Å². The van der Waals surface area contributed by atoms with Crippen LogP contribution in [0.3, 0.4) is 0 Å². The van der Waals surface area contributed by atoms with E-state index < -0.39 is 6.03 Å². The number of rotatable bonds is 6. The van der Waals surface area contributed by atoms with Crippen LogP contribution in [0.25, 0.3) is 0 Å². The van der Waals surface area contributed by atoms with Crippen LogP contribution in [-0.2, 0) is 9.47 Å². The molecule has 15 heavy (non-hydrogen) atoms. The number of urea groups is 1. The fraction of sp³-hybridized carbons (Fsp3) is 0.571. The number of ether oxygens (including phenoxy) is 2. The lowest BCUT2D eigenvalue weighted by molar-refractivity contribution is 0.0650. The van der Waals surface area contributed by atoms with Crippen LogP contribution in [0.2, 0.25) is 0 Å². The number of nitrogens with one attached hydrogen (secondary N) is 3. The molecule has 0 saturated carbocycles. The smallest absolute Gasteiger partial charge is 0.323 e. The van der Waals surface area contributed by atoms with Crippen LogP contribution in [0, 0.1) is 0 Å². The van der Waals surface area contributed by atoms with Crippen molar-refractivity contribution in [3.63, 3.8) is 0 Å². The highest BCUT2D eigenvalue weighted by atomic mass is 16.5. The molecule has 0 spiro atoms. The van der Waals surface area contributed by atoms with Crippen LogP contribution in [0.5, 0.6) is 0 Å². The first kappa shape index (κ1) is 11.4. The Morgan fingerprint density at radius 2 is 2.47 bits per heavy atom. The third-order valence-corrected chi connectivity index (χ3v) is 1.41. The van der Waals surface area contributed by atoms with Gasteiger partial charge in [0.1, 0.15) is 13.1 Å². The zero-order valence-electron chi connectivity index (χ0n) is 8.32. The van der Waals surface area contributed by atoms with E-state index in [9.17, 15) is 4.79 Å². The van der Waals surface area contributed by atoms with Gasteiger partial charge in [-0.25, -0.2) is 9.89 Å². The lowest BCUT2D eigenvalue weighted by Crippen LogP contribution is -2.31. The lowest BCUT2D eigenvalue weighted by Gasteiger charge is -2.05. The second-order valence-corrected chi connectivity index (χ2v) is 2.51. The van der Waals surface area contributed by atoms with Gasteiger partial charge in [0.05, 0.1) is 13.2 Å². The van der Waals surface area contributed by atoms with Gasteiger partial charge in [0.25, 0.3) is 0 Å². The molecule has 0 radical (unpaired) electrons. The molecule has 0 bridgehead atoms. The fourth-order valence-corrected chi connectivity index (χ4v) is 0.748. The number of methoxy groups -OCH3 is 1. The number of anilines is 1. The lowest BCUT2D eigenvalue weighted by atomic mass is 10.8. The summed E-state index contributed by atoms with van der Waals surface area (Å²) in [6, 6.07) is -0.413. The third-order valence-electron chi connectivity index (χ3n) is 1.41. The van der Waals surface area contributed by atoms with E-state index >= 15 is 0 Å². The monoisotopic (exact) mass is 215 g/mol. The fourth-order valence-electron chi connectivity index (χ4n) is 0.748. The highest BCUT2D eigenvalue weighted by Gasteiger charge is 2.01. The van der Waals surface area contributed by atoms with Crippen molar-refractivity contribution < 1.29 is 14.3 Å². The Morgan fingerprint density at radius 1 is 1.60 bits per heavy atom. The molecule has 0 saturated heterocycles. The van der Waals surface area contributed by atoms with Crippen molar-refractivity contribution in [1.82, 2.24) is 20.5 Å². The van der Waals surface area contributed by atoms with E-state index in [1.807, 2.05) is 0 Å². The van der Waals surface area contributed by atoms with Crippen molar-refractivity contribution in [3.05, 3.63) is 6.33 Å². The number of aromatic nitrogens is 3. The number of carbonyl (C=O) groups excluding carboxylic acids is 1. The number of hydrogen-bond acceptors (Lipinski definition) is 5. The molecule has 0 fully saturated rings. The first-order valence-corrected chi connectivity index (χ1v) is 4.30. The Kier molecular flexibility index (Phi) is 5.12. The maximum Gasteiger partial charge on any atom is 0.323 e. The van der Waals surface area contributed by atoms with Gasteiger partial charge in [-0.05, 0) is 0 Å². The highest BCUT2D eigenvalue weighted by Crippen LogP contribution is 1.90. The average molecular weight is 215 g/mol. The van der Waals surface area contributed by atoms with Crippen LogP contribution in [0.1, 0.15) is 0 Å². The van der Waals surface area contributed by atoms with E-state index in [1.165, 1.54) is 6.33 Å². The van der Waals surface area contributed by atoms with Crippen molar-refractivity contribution in [2.45, 2.75) is 0 Å². The van der Waals surface area contributed by atoms with E-state index in [4.69, 9.17) is 9.47 Å². The topological polar surface area (TPSA) is 101 Å². The molecule has 1 heterocycles. The molecule has 1 aromatic rings. The van der Waals surface area contributed by atoms with Gasteiger partial charge in [-0.1, -0.05) is 0 Å². The zero-order valence-corrected chi connectivity index (χ0v) is 8.32. The predicted molar refractivity (Wildman–Crippen MR) is 51.2 cm³/mol. The van der Waals surface area contributed by atoms with Crippen LogP contribution in [0.4, 0.5) is 10.7 Å². The number of hydrogen-bond donors (Lipinski definition) is 3. The second kappa shape index (κ2) is 6.74. The van der Waals surface area contributed by atoms with Gasteiger partial charge in [0, 0.05) is 7.11 Å². The summed E-state index contributed by atoms with van der Waals surface area (Å²) in [6.07, 6.45) is 1.30. The van der Waals surface area contributed by atoms with E-state index in [-0.39, 0.29) is 12.7 Å². The number of carbonyl (C=O) groups is 1. The molecule has 3 N–H and O–H groups in total. The van der Waals surface area contributed by atoms with Gasteiger partial charge in [-0.3, -0.25) is 5.32 Å². The minimum absolute atomic E-state index is 0.114. The quantitative estimate of drug-likeness (QED) is 0.440. The van der Waals surface area contributed by atoms with E-state index in [0.717, 1.165) is 0 Å². The van der Waals surface area contributed by atoms with Crippen molar-refractivity contribution in [2.24, 2.45) is 0 Å². The molecule has 1 rings (SSSR count). The van der Waals surface area contributed by atoms with E-state index in [1.54, 1.807) is 7.11 Å². The molecule has 84 valence electrons. The molecule has 8 heteroatoms. The van der Waals surface area contributed by atoms with Gasteiger partial charge in [0.2, 0.25) is 5.95 Å². The first-order chi connectivity index (χ1) is 7.33. The Labute approximate surface area is 86.4 Å². The highest BCUT2D eigenvalue weighted by molar-refractivity contribution is 5.87. The predicted octanol–water partition coefficient (Wildman–Crippen LogP) is -0.453. The maximum atomic E-state index is 11.1. The molecule has 0 unspecified atom stereocenters. The zero-order chi connectivity index (χ0) is 10.9. The molecule has 2 amide bonds. The largest absolute Gasteiger partial charge is 0.382 e. The first-order valence-electron chi connectivity index (χ1n) is 4.30. The Balaban J connectivity index is 2.04. The Morgan fingerprint density at radius 3 is 3.13 bits per heavy atom. The van der Waals surface area contributed by atoms with Gasteiger partial charge in [0.15, 0.2) is 0 Å². The standard InChI is InChI=1S/C7H13N5O3/c1-14-2-3-15-5-9-7(13)11-6-8-4-10-12-6/h4H,2-3,5H2,1H3,(H3,8,9,10,11,12,13). The van der Waals surface area contributed by atoms with Crippen LogP contribution >= 0.6 is 0 Å². The van der Waals surface area contributed by atoms with Gasteiger partial charge in [-0.15, -0.1) is 0 Å². The summed E-state index contributed by atoms with van der Waals surface area (Å²) in [4.78, 5) is 14.8. The number of H-pyrrole nitrogens is 1. The van der Waals surface area contributed by atoms with Crippen molar-refractivity contribution in [3.8, 4) is 0 Å². The van der Waals surface area contributed by atoms with E-state index in [0.29, 0.717) is 13.2 Å². The summed E-state index contributed by atoms with van der Waals surface area (Å²) < 4.78 is 9.78. The summed E-state index contributed by atoms with van der Waals surface area (Å²) >= 11 is 0. The van der Waals surface area contributed by atoms with Crippen LogP contribution < -0.4 is 10.6 Å². The van der Waals surface area contributed by atoms with Crippen molar-refractivity contribution >= 4 is 12.0 Å². The molecular weight excluding hydrogens is 202 g/mol. The Bertz CT molecular complexity index is 276. The Hall–Kier alpha value is -1.67. The molecule has 0 atom stereocenters. The van der Waals surface area contributed by atoms with Crippen LogP contribution in [-0.4, -0.2) is 48.3 Å². The van der Waals surface area contributed by atoms with Gasteiger partial charge < -0.3 is 14.8 Å². The minimum Gasteiger partial charge on any atom is -0.382 e. The van der Waals surface area contributed by atoms with Gasteiger partial charge in [-0.2, -0.15) is 10.1 Å². The number of amides is 2. The second-order valence-electron chi connectivity index (χ2n) is 2.51. The summed E-state index contributed by atoms with van der Waals surface area (Å²) in [7, 11) is 1.58. The third kappa shape index (κ3) is 4.93.